The summed E-state index contributed by atoms with van der Waals surface area (Å²) in [5, 5.41) is 0. The summed E-state index contributed by atoms with van der Waals surface area (Å²) >= 11 is 0. The van der Waals surface area contributed by atoms with E-state index in [0.717, 1.165) is 11.8 Å². The number of aryl methyl sites for hydroxylation is 1. The minimum Gasteiger partial charge on any atom is -0.373 e. The maximum Gasteiger partial charge on any atom is 0.0721 e. The molecule has 0 atom stereocenters. The van der Waals surface area contributed by atoms with Crippen molar-refractivity contribution in [3.8, 4) is 0 Å². The Balaban J connectivity index is 1.67. The highest BCUT2D eigenvalue weighted by Gasteiger charge is 2.19. The number of hydrogen-bond acceptors (Lipinski definition) is 1. The van der Waals surface area contributed by atoms with Crippen LogP contribution in [-0.4, -0.2) is 6.61 Å². The molecule has 1 heteroatoms. The zero-order chi connectivity index (χ0) is 16.3. The fourth-order valence-corrected chi connectivity index (χ4v) is 3.51. The molecule has 1 aliphatic carbocycles. The molecule has 0 saturated heterocycles. The number of hydrogen-bond donors (Lipinski definition) is 0. The molecule has 0 aliphatic heterocycles. The summed E-state index contributed by atoms with van der Waals surface area (Å²) in [5.74, 6) is 1.84. The van der Waals surface area contributed by atoms with E-state index in [0.29, 0.717) is 13.2 Å². The fourth-order valence-electron chi connectivity index (χ4n) is 3.51. The van der Waals surface area contributed by atoms with Crippen LogP contribution in [0.2, 0.25) is 0 Å². The molecule has 0 bridgehead atoms. The van der Waals surface area contributed by atoms with E-state index in [4.69, 9.17) is 4.74 Å². The lowest BCUT2D eigenvalue weighted by Crippen LogP contribution is -2.14. The first-order chi connectivity index (χ1) is 11.3. The Morgan fingerprint density at radius 1 is 1.04 bits per heavy atom. The molecule has 23 heavy (non-hydrogen) atoms. The van der Waals surface area contributed by atoms with Gasteiger partial charge in [0, 0.05) is 0 Å². The van der Waals surface area contributed by atoms with Crippen LogP contribution in [0.4, 0.5) is 0 Å². The van der Waals surface area contributed by atoms with Gasteiger partial charge in [0.15, 0.2) is 0 Å². The van der Waals surface area contributed by atoms with Gasteiger partial charge in [-0.15, -0.1) is 6.58 Å². The summed E-state index contributed by atoms with van der Waals surface area (Å²) in [6.45, 7) is 7.30. The third-order valence-corrected chi connectivity index (χ3v) is 5.05. The summed E-state index contributed by atoms with van der Waals surface area (Å²) in [6, 6.07) is 8.98. The average Bonchev–Trinajstić information content (AvgIpc) is 2.59. The van der Waals surface area contributed by atoms with Gasteiger partial charge in [-0.25, -0.2) is 0 Å². The van der Waals surface area contributed by atoms with Gasteiger partial charge in [-0.3, -0.25) is 0 Å². The van der Waals surface area contributed by atoms with Gasteiger partial charge in [0.25, 0.3) is 0 Å². The van der Waals surface area contributed by atoms with Gasteiger partial charge in [0.05, 0.1) is 13.2 Å². The zero-order valence-corrected chi connectivity index (χ0v) is 14.7. The van der Waals surface area contributed by atoms with Crippen molar-refractivity contribution in [3.05, 3.63) is 60.2 Å². The first kappa shape index (κ1) is 18.0. The molecular formula is C22H32O. The predicted molar refractivity (Wildman–Crippen MR) is 99.5 cm³/mol. The molecule has 0 amide bonds. The monoisotopic (exact) mass is 312 g/mol. The Kier molecular flexibility index (Phi) is 8.17. The van der Waals surface area contributed by atoms with E-state index >= 15 is 0 Å². The second-order valence-electron chi connectivity index (χ2n) is 6.85. The first-order valence-electron chi connectivity index (χ1n) is 9.19. The molecule has 0 aromatic heterocycles. The Bertz CT molecular complexity index is 463. The molecule has 1 aliphatic rings. The van der Waals surface area contributed by atoms with Crippen LogP contribution in [0, 0.1) is 11.8 Å². The summed E-state index contributed by atoms with van der Waals surface area (Å²) in [6.07, 6.45) is 15.6. The minimum absolute atomic E-state index is 0.701. The lowest BCUT2D eigenvalue weighted by molar-refractivity contribution is 0.148. The standard InChI is InChI=1S/C22H32O/c1-3-5-17-23-18-22-15-13-21(14-16-22)12-11-20-9-7-19(6-4-2)8-10-20/h3-5,13-16,19-20H,2,6-12,17-18H2,1H3. The third kappa shape index (κ3) is 6.74. The summed E-state index contributed by atoms with van der Waals surface area (Å²) in [7, 11) is 0. The van der Waals surface area contributed by atoms with Crippen molar-refractivity contribution in [1.29, 1.82) is 0 Å². The predicted octanol–water partition coefficient (Wildman–Crippen LogP) is 6.09. The highest BCUT2D eigenvalue weighted by Crippen LogP contribution is 2.33. The quantitative estimate of drug-likeness (QED) is 0.396. The van der Waals surface area contributed by atoms with E-state index in [1.165, 1.54) is 56.1 Å². The summed E-state index contributed by atoms with van der Waals surface area (Å²) in [4.78, 5) is 0. The van der Waals surface area contributed by atoms with E-state index in [1.807, 2.05) is 19.1 Å². The Hall–Kier alpha value is -1.34. The van der Waals surface area contributed by atoms with Crippen LogP contribution in [0.3, 0.4) is 0 Å². The molecule has 1 aromatic rings. The Labute approximate surface area is 142 Å². The van der Waals surface area contributed by atoms with Crippen LogP contribution in [0.5, 0.6) is 0 Å². The lowest BCUT2D eigenvalue weighted by atomic mass is 9.78. The molecule has 0 spiro atoms. The van der Waals surface area contributed by atoms with Gasteiger partial charge in [-0.2, -0.15) is 0 Å². The third-order valence-electron chi connectivity index (χ3n) is 5.05. The van der Waals surface area contributed by atoms with Crippen LogP contribution in [0.1, 0.15) is 56.6 Å². The van der Waals surface area contributed by atoms with Crippen LogP contribution in [-0.2, 0) is 17.8 Å². The van der Waals surface area contributed by atoms with Crippen LogP contribution in [0.15, 0.2) is 49.1 Å². The van der Waals surface area contributed by atoms with Crippen LogP contribution >= 0.6 is 0 Å². The average molecular weight is 312 g/mol. The summed E-state index contributed by atoms with van der Waals surface area (Å²) < 4.78 is 5.59. The van der Waals surface area contributed by atoms with Crippen molar-refractivity contribution in [2.75, 3.05) is 6.61 Å². The molecular weight excluding hydrogens is 280 g/mol. The second-order valence-corrected chi connectivity index (χ2v) is 6.85. The Morgan fingerprint density at radius 2 is 1.70 bits per heavy atom. The molecule has 0 unspecified atom stereocenters. The van der Waals surface area contributed by atoms with Crippen molar-refractivity contribution >= 4 is 0 Å². The number of benzene rings is 1. The molecule has 1 saturated carbocycles. The molecule has 1 fully saturated rings. The maximum absolute atomic E-state index is 5.59. The van der Waals surface area contributed by atoms with E-state index in [-0.39, 0.29) is 0 Å². The van der Waals surface area contributed by atoms with Gasteiger partial charge in [0.2, 0.25) is 0 Å². The highest BCUT2D eigenvalue weighted by molar-refractivity contribution is 5.22. The number of allylic oxidation sites excluding steroid dienone is 2. The van der Waals surface area contributed by atoms with Gasteiger partial charge in [0.1, 0.15) is 0 Å². The molecule has 0 heterocycles. The van der Waals surface area contributed by atoms with Gasteiger partial charge in [-0.05, 0) is 62.0 Å². The molecule has 126 valence electrons. The molecule has 0 N–H and O–H groups in total. The van der Waals surface area contributed by atoms with Crippen molar-refractivity contribution in [1.82, 2.24) is 0 Å². The number of rotatable bonds is 9. The number of ether oxygens (including phenoxy) is 1. The van der Waals surface area contributed by atoms with Gasteiger partial charge >= 0.3 is 0 Å². The van der Waals surface area contributed by atoms with Crippen molar-refractivity contribution < 1.29 is 4.74 Å². The molecule has 0 radical (unpaired) electrons. The maximum atomic E-state index is 5.59. The zero-order valence-electron chi connectivity index (χ0n) is 14.7. The lowest BCUT2D eigenvalue weighted by Gasteiger charge is -2.27. The van der Waals surface area contributed by atoms with Crippen molar-refractivity contribution in [3.63, 3.8) is 0 Å². The van der Waals surface area contributed by atoms with E-state index in [9.17, 15) is 0 Å². The minimum atomic E-state index is 0.701. The summed E-state index contributed by atoms with van der Waals surface area (Å²) in [5.41, 5.74) is 2.73. The second kappa shape index (κ2) is 10.4. The largest absolute Gasteiger partial charge is 0.373 e. The normalized spacial score (nSPS) is 21.6. The van der Waals surface area contributed by atoms with Gasteiger partial charge in [-0.1, -0.05) is 55.3 Å². The SMILES string of the molecule is C=CCC1CCC(CCc2ccc(COCC=CC)cc2)CC1. The van der Waals surface area contributed by atoms with E-state index in [2.05, 4.69) is 36.9 Å². The van der Waals surface area contributed by atoms with Crippen molar-refractivity contribution in [2.24, 2.45) is 11.8 Å². The van der Waals surface area contributed by atoms with Crippen LogP contribution < -0.4 is 0 Å². The van der Waals surface area contributed by atoms with Crippen molar-refractivity contribution in [2.45, 2.75) is 58.5 Å². The first-order valence-corrected chi connectivity index (χ1v) is 9.19. The highest BCUT2D eigenvalue weighted by atomic mass is 16.5. The van der Waals surface area contributed by atoms with Gasteiger partial charge < -0.3 is 4.74 Å². The Morgan fingerprint density at radius 3 is 2.35 bits per heavy atom. The van der Waals surface area contributed by atoms with E-state index in [1.54, 1.807) is 0 Å². The molecule has 1 aromatic carbocycles. The molecule has 2 rings (SSSR count). The fraction of sp³-hybridized carbons (Fsp3) is 0.545. The topological polar surface area (TPSA) is 9.23 Å². The molecule has 1 nitrogen and oxygen atoms in total. The van der Waals surface area contributed by atoms with E-state index < -0.39 is 0 Å². The smallest absolute Gasteiger partial charge is 0.0721 e. The van der Waals surface area contributed by atoms with Crippen LogP contribution in [0.25, 0.3) is 0 Å².